The van der Waals surface area contributed by atoms with E-state index < -0.39 is 23.4 Å². The molecule has 0 aliphatic rings. The second-order valence-electron chi connectivity index (χ2n) is 13.2. The monoisotopic (exact) mass is 704 g/mol. The topological polar surface area (TPSA) is 121 Å². The lowest BCUT2D eigenvalue weighted by atomic mass is 9.98. The van der Waals surface area contributed by atoms with Crippen LogP contribution >= 0.6 is 0 Å². The van der Waals surface area contributed by atoms with Gasteiger partial charge >= 0.3 is 0 Å². The summed E-state index contributed by atoms with van der Waals surface area (Å²) in [5, 5.41) is 19.0. The average Bonchev–Trinajstić information content (AvgIpc) is 3.66. The highest BCUT2D eigenvalue weighted by Gasteiger charge is 2.25. The number of hydrogen-bond acceptors (Lipinski definition) is 7. The first-order chi connectivity index (χ1) is 25.0. The van der Waals surface area contributed by atoms with Crippen molar-refractivity contribution in [3.05, 3.63) is 131 Å². The van der Waals surface area contributed by atoms with Gasteiger partial charge in [0.1, 0.15) is 30.3 Å². The second kappa shape index (κ2) is 17.2. The molecule has 1 aromatic heterocycles. The summed E-state index contributed by atoms with van der Waals surface area (Å²) >= 11 is 0. The molecule has 0 fully saturated rings. The second-order valence-corrected chi connectivity index (χ2v) is 13.2. The first-order valence-electron chi connectivity index (χ1n) is 17.1. The van der Waals surface area contributed by atoms with Gasteiger partial charge < -0.3 is 20.0 Å². The van der Waals surface area contributed by atoms with Crippen LogP contribution in [0.4, 0.5) is 31.5 Å². The van der Waals surface area contributed by atoms with Crippen molar-refractivity contribution in [1.29, 1.82) is 5.26 Å². The van der Waals surface area contributed by atoms with Crippen molar-refractivity contribution in [1.82, 2.24) is 15.2 Å². The number of carbonyl (C=O) groups excluding carboxylic acids is 2. The van der Waals surface area contributed by atoms with E-state index in [1.807, 2.05) is 51.1 Å². The van der Waals surface area contributed by atoms with Crippen molar-refractivity contribution in [3.63, 3.8) is 0 Å². The van der Waals surface area contributed by atoms with Gasteiger partial charge in [0.05, 0.1) is 23.7 Å². The van der Waals surface area contributed by atoms with Gasteiger partial charge in [-0.15, -0.1) is 0 Å². The fraction of sp³-hybridized carbons (Fsp3) is 0.275. The molecule has 268 valence electrons. The van der Waals surface area contributed by atoms with E-state index in [-0.39, 0.29) is 36.1 Å². The van der Waals surface area contributed by atoms with Crippen molar-refractivity contribution >= 4 is 34.6 Å². The van der Waals surface area contributed by atoms with Crippen molar-refractivity contribution in [2.75, 3.05) is 46.7 Å². The molecule has 5 rings (SSSR count). The molecule has 10 nitrogen and oxygen atoms in total. The Morgan fingerprint density at radius 1 is 0.827 bits per heavy atom. The molecule has 12 heteroatoms. The predicted octanol–water partition coefficient (Wildman–Crippen LogP) is 7.48. The maximum absolute atomic E-state index is 15.8. The van der Waals surface area contributed by atoms with E-state index in [2.05, 4.69) is 26.6 Å². The number of rotatable bonds is 15. The van der Waals surface area contributed by atoms with Gasteiger partial charge in [0.15, 0.2) is 0 Å². The largest absolute Gasteiger partial charge is 0.378 e. The van der Waals surface area contributed by atoms with E-state index >= 15 is 4.39 Å². The number of nitrogens with one attached hydrogen (secondary N) is 2. The number of anilines is 4. The van der Waals surface area contributed by atoms with Gasteiger partial charge in [-0.2, -0.15) is 10.4 Å². The molecule has 0 aliphatic heterocycles. The van der Waals surface area contributed by atoms with Gasteiger partial charge in [0.2, 0.25) is 0 Å². The lowest BCUT2D eigenvalue weighted by Crippen LogP contribution is -2.36. The summed E-state index contributed by atoms with van der Waals surface area (Å²) in [5.74, 6) is -1.69. The quantitative estimate of drug-likeness (QED) is 0.108. The molecule has 1 atom stereocenters. The number of aromatic amines is 1. The molecule has 2 N–H and O–H groups in total. The maximum atomic E-state index is 15.8. The zero-order chi connectivity index (χ0) is 37.2. The molecule has 0 saturated heterocycles. The van der Waals surface area contributed by atoms with E-state index in [1.54, 1.807) is 47.2 Å². The number of nitriles is 1. The van der Waals surface area contributed by atoms with E-state index in [4.69, 9.17) is 5.26 Å². The lowest BCUT2D eigenvalue weighted by Gasteiger charge is -2.27. The fourth-order valence-electron chi connectivity index (χ4n) is 5.92. The SMILES string of the molecule is CC(C)CN(C(=O)c1ccc(CC(C)CN(C(=O)c2ccccc2F)c2cccc(NCc3ncn[nH]3)c2)cc1F)c1cccc(N(C)CC#N)c1. The maximum Gasteiger partial charge on any atom is 0.261 e. The minimum Gasteiger partial charge on any atom is -0.378 e. The van der Waals surface area contributed by atoms with Gasteiger partial charge in [-0.1, -0.05) is 51.1 Å². The Morgan fingerprint density at radius 3 is 2.17 bits per heavy atom. The molecule has 4 aromatic carbocycles. The molecular weight excluding hydrogens is 662 g/mol. The van der Waals surface area contributed by atoms with Gasteiger partial charge in [0, 0.05) is 42.9 Å². The zero-order valence-corrected chi connectivity index (χ0v) is 29.7. The van der Waals surface area contributed by atoms with Crippen LogP contribution in [0, 0.1) is 34.8 Å². The van der Waals surface area contributed by atoms with E-state index in [9.17, 15) is 14.0 Å². The summed E-state index contributed by atoms with van der Waals surface area (Å²) in [6.45, 7) is 7.04. The van der Waals surface area contributed by atoms with E-state index in [0.717, 1.165) is 11.4 Å². The number of amides is 2. The number of H-pyrrole nitrogens is 1. The number of benzene rings is 4. The Kier molecular flexibility index (Phi) is 12.3. The van der Waals surface area contributed by atoms with Gasteiger partial charge in [-0.25, -0.2) is 13.8 Å². The van der Waals surface area contributed by atoms with Crippen LogP contribution in [-0.4, -0.2) is 53.7 Å². The summed E-state index contributed by atoms with van der Waals surface area (Å²) in [7, 11) is 1.79. The first-order valence-corrected chi connectivity index (χ1v) is 17.1. The summed E-state index contributed by atoms with van der Waals surface area (Å²) in [5.41, 5.74) is 3.19. The highest BCUT2D eigenvalue weighted by molar-refractivity contribution is 6.07. The molecule has 1 heterocycles. The van der Waals surface area contributed by atoms with Gasteiger partial charge in [-0.3, -0.25) is 14.7 Å². The number of nitrogens with zero attached hydrogens (tertiary/aromatic N) is 6. The Hall–Kier alpha value is -6.09. The molecule has 0 radical (unpaired) electrons. The van der Waals surface area contributed by atoms with E-state index in [0.29, 0.717) is 42.3 Å². The third-order valence-electron chi connectivity index (χ3n) is 8.46. The first kappa shape index (κ1) is 37.2. The summed E-state index contributed by atoms with van der Waals surface area (Å²) in [6, 6.07) is 27.1. The standard InChI is InChI=1S/C40H42F2N8O2/c1-27(2)24-49(33-12-8-10-31(22-33)48(4)18-17-43)40(52)35-16-15-29(20-37(35)42)19-28(3)25-50(39(51)34-13-5-6-14-36(34)41)32-11-7-9-30(21-32)44-23-38-45-26-46-47-38/h5-16,20-22,26-28,44H,18-19,23-25H2,1-4H3,(H,45,46,47). The van der Waals surface area contributed by atoms with Gasteiger partial charge in [0.25, 0.3) is 11.8 Å². The summed E-state index contributed by atoms with van der Waals surface area (Å²) in [6.07, 6.45) is 1.81. The lowest BCUT2D eigenvalue weighted by molar-refractivity contribution is 0.0971. The number of aromatic nitrogens is 3. The van der Waals surface area contributed by atoms with Crippen LogP contribution < -0.4 is 20.0 Å². The molecule has 0 saturated carbocycles. The van der Waals surface area contributed by atoms with Gasteiger partial charge in [-0.05, 0) is 84.5 Å². The minimum atomic E-state index is -0.647. The molecule has 0 bridgehead atoms. The molecular formula is C40H42F2N8O2. The van der Waals surface area contributed by atoms with Crippen LogP contribution in [0.1, 0.15) is 52.9 Å². The normalized spacial score (nSPS) is 11.5. The third-order valence-corrected chi connectivity index (χ3v) is 8.46. The molecule has 1 unspecified atom stereocenters. The van der Waals surface area contributed by atoms with Crippen LogP contribution in [0.5, 0.6) is 0 Å². The Morgan fingerprint density at radius 2 is 1.50 bits per heavy atom. The average molecular weight is 705 g/mol. The number of halogens is 2. The van der Waals surface area contributed by atoms with Crippen molar-refractivity contribution in [2.45, 2.75) is 33.7 Å². The Bertz CT molecular complexity index is 2030. The fourth-order valence-corrected chi connectivity index (χ4v) is 5.92. The molecule has 0 aliphatic carbocycles. The predicted molar refractivity (Wildman–Crippen MR) is 199 cm³/mol. The van der Waals surface area contributed by atoms with Crippen molar-refractivity contribution in [2.24, 2.45) is 11.8 Å². The summed E-state index contributed by atoms with van der Waals surface area (Å²) < 4.78 is 30.7. The third kappa shape index (κ3) is 9.37. The highest BCUT2D eigenvalue weighted by Crippen LogP contribution is 2.28. The van der Waals surface area contributed by atoms with Crippen LogP contribution in [0.2, 0.25) is 0 Å². The van der Waals surface area contributed by atoms with Crippen LogP contribution in [-0.2, 0) is 13.0 Å². The van der Waals surface area contributed by atoms with Crippen molar-refractivity contribution in [3.8, 4) is 6.07 Å². The highest BCUT2D eigenvalue weighted by atomic mass is 19.1. The van der Waals surface area contributed by atoms with Crippen LogP contribution in [0.25, 0.3) is 0 Å². The van der Waals surface area contributed by atoms with Crippen LogP contribution in [0.3, 0.4) is 0 Å². The minimum absolute atomic E-state index is 0.0566. The number of hydrogen-bond donors (Lipinski definition) is 2. The zero-order valence-electron chi connectivity index (χ0n) is 29.7. The smallest absolute Gasteiger partial charge is 0.261 e. The summed E-state index contributed by atoms with van der Waals surface area (Å²) in [4.78, 5) is 36.7. The molecule has 2 amide bonds. The number of carbonyl (C=O) groups is 2. The van der Waals surface area contributed by atoms with E-state index in [1.165, 1.54) is 41.6 Å². The van der Waals surface area contributed by atoms with Crippen molar-refractivity contribution < 1.29 is 18.4 Å². The molecule has 0 spiro atoms. The molecule has 5 aromatic rings. The molecule has 52 heavy (non-hydrogen) atoms. The van der Waals surface area contributed by atoms with Crippen LogP contribution in [0.15, 0.2) is 97.3 Å². The Labute approximate surface area is 302 Å². The Balaban J connectivity index is 1.36.